The molecule has 2 aliphatic rings. The second-order valence-corrected chi connectivity index (χ2v) is 4.50. The van der Waals surface area contributed by atoms with Gasteiger partial charge in [-0.2, -0.15) is 0 Å². The van der Waals surface area contributed by atoms with Crippen LogP contribution in [0.1, 0.15) is 48.6 Å². The van der Waals surface area contributed by atoms with Gasteiger partial charge in [0.2, 0.25) is 0 Å². The Kier molecular flexibility index (Phi) is 1.77. The molecular weight excluding hydrogens is 172 g/mol. The molecule has 0 bridgehead atoms. The van der Waals surface area contributed by atoms with Gasteiger partial charge in [0.1, 0.15) is 0 Å². The summed E-state index contributed by atoms with van der Waals surface area (Å²) in [7, 11) is 0. The second-order valence-electron chi connectivity index (χ2n) is 4.50. The molecular formula is C12H16N2. The van der Waals surface area contributed by atoms with E-state index >= 15 is 0 Å². The molecule has 0 aliphatic heterocycles. The van der Waals surface area contributed by atoms with Crippen molar-refractivity contribution in [1.82, 2.24) is 0 Å². The van der Waals surface area contributed by atoms with Crippen molar-refractivity contribution in [1.29, 1.82) is 0 Å². The van der Waals surface area contributed by atoms with E-state index in [-0.39, 0.29) is 0 Å². The monoisotopic (exact) mass is 188 g/mol. The Labute approximate surface area is 84.5 Å². The van der Waals surface area contributed by atoms with E-state index in [0.717, 1.165) is 17.5 Å². The van der Waals surface area contributed by atoms with Crippen LogP contribution in [0.3, 0.4) is 0 Å². The van der Waals surface area contributed by atoms with Crippen LogP contribution in [0.15, 0.2) is 18.2 Å². The van der Waals surface area contributed by atoms with Crippen molar-refractivity contribution in [3.8, 4) is 0 Å². The lowest BCUT2D eigenvalue weighted by molar-refractivity contribution is 1.02. The molecule has 1 aromatic carbocycles. The first-order valence-corrected chi connectivity index (χ1v) is 5.49. The van der Waals surface area contributed by atoms with Crippen LogP contribution in [0.25, 0.3) is 0 Å². The Morgan fingerprint density at radius 2 is 1.79 bits per heavy atom. The molecule has 2 fully saturated rings. The average molecular weight is 188 g/mol. The van der Waals surface area contributed by atoms with Crippen LogP contribution in [0.2, 0.25) is 0 Å². The lowest BCUT2D eigenvalue weighted by Gasteiger charge is -2.13. The molecule has 2 heteroatoms. The van der Waals surface area contributed by atoms with Crippen LogP contribution in [-0.2, 0) is 0 Å². The minimum Gasteiger partial charge on any atom is -0.324 e. The fourth-order valence-corrected chi connectivity index (χ4v) is 2.29. The molecule has 2 nitrogen and oxygen atoms in total. The van der Waals surface area contributed by atoms with Crippen molar-refractivity contribution in [2.45, 2.75) is 37.5 Å². The molecule has 74 valence electrons. The van der Waals surface area contributed by atoms with Gasteiger partial charge in [0.15, 0.2) is 0 Å². The molecule has 2 aliphatic carbocycles. The Morgan fingerprint density at radius 3 is 2.36 bits per heavy atom. The van der Waals surface area contributed by atoms with Crippen LogP contribution in [0, 0.1) is 0 Å². The molecule has 14 heavy (non-hydrogen) atoms. The lowest BCUT2D eigenvalue weighted by Crippen LogP contribution is -2.10. The van der Waals surface area contributed by atoms with Crippen molar-refractivity contribution in [2.24, 2.45) is 5.84 Å². The topological polar surface area (TPSA) is 38.0 Å². The SMILES string of the molecule is NNc1cccc(C2CC2)c1C1CC1. The third-order valence-electron chi connectivity index (χ3n) is 3.30. The van der Waals surface area contributed by atoms with E-state index in [2.05, 4.69) is 23.6 Å². The summed E-state index contributed by atoms with van der Waals surface area (Å²) in [5, 5.41) is 0. The first-order chi connectivity index (χ1) is 6.90. The molecule has 0 spiro atoms. The second kappa shape index (κ2) is 2.99. The average Bonchev–Trinajstić information content (AvgIpc) is 3.04. The predicted molar refractivity (Wildman–Crippen MR) is 58.2 cm³/mol. The third kappa shape index (κ3) is 1.30. The van der Waals surface area contributed by atoms with Gasteiger partial charge in [-0.25, -0.2) is 0 Å². The number of nitrogens with one attached hydrogen (secondary N) is 1. The summed E-state index contributed by atoms with van der Waals surface area (Å²) in [5.74, 6) is 7.18. The lowest BCUT2D eigenvalue weighted by atomic mass is 9.98. The van der Waals surface area contributed by atoms with Crippen molar-refractivity contribution in [3.05, 3.63) is 29.3 Å². The van der Waals surface area contributed by atoms with Crippen molar-refractivity contribution in [3.63, 3.8) is 0 Å². The largest absolute Gasteiger partial charge is 0.324 e. The standard InChI is InChI=1S/C12H16N2/c13-14-11-3-1-2-10(8-4-5-8)12(11)9-6-7-9/h1-3,8-9,14H,4-7,13H2. The molecule has 3 rings (SSSR count). The molecule has 1 aromatic rings. The number of nitrogens with two attached hydrogens (primary N) is 1. The van der Waals surface area contributed by atoms with Gasteiger partial charge in [0.05, 0.1) is 5.69 Å². The normalized spacial score (nSPS) is 20.9. The number of nitrogen functional groups attached to an aromatic ring is 1. The first-order valence-electron chi connectivity index (χ1n) is 5.49. The summed E-state index contributed by atoms with van der Waals surface area (Å²) in [6.45, 7) is 0. The Hall–Kier alpha value is -1.02. The van der Waals surface area contributed by atoms with Gasteiger partial charge in [0, 0.05) is 0 Å². The summed E-state index contributed by atoms with van der Waals surface area (Å²) >= 11 is 0. The zero-order valence-corrected chi connectivity index (χ0v) is 8.29. The van der Waals surface area contributed by atoms with E-state index in [1.54, 1.807) is 5.56 Å². The Morgan fingerprint density at radius 1 is 1.07 bits per heavy atom. The first kappa shape index (κ1) is 8.30. The van der Waals surface area contributed by atoms with E-state index in [1.807, 2.05) is 0 Å². The zero-order valence-electron chi connectivity index (χ0n) is 8.29. The maximum Gasteiger partial charge on any atom is 0.0522 e. The van der Waals surface area contributed by atoms with Gasteiger partial charge in [0.25, 0.3) is 0 Å². The number of anilines is 1. The van der Waals surface area contributed by atoms with Crippen LogP contribution < -0.4 is 11.3 Å². The van der Waals surface area contributed by atoms with Crippen molar-refractivity contribution < 1.29 is 0 Å². The molecule has 0 atom stereocenters. The van der Waals surface area contributed by atoms with Crippen LogP contribution in [0.4, 0.5) is 5.69 Å². The van der Waals surface area contributed by atoms with E-state index in [1.165, 1.54) is 31.2 Å². The summed E-state index contributed by atoms with van der Waals surface area (Å²) < 4.78 is 0. The minimum absolute atomic E-state index is 0.790. The highest BCUT2D eigenvalue weighted by Gasteiger charge is 2.33. The molecule has 0 unspecified atom stereocenters. The zero-order chi connectivity index (χ0) is 9.54. The summed E-state index contributed by atoms with van der Waals surface area (Å²) in [5.41, 5.74) is 7.06. The maximum absolute atomic E-state index is 5.56. The highest BCUT2D eigenvalue weighted by Crippen LogP contribution is 2.51. The number of hydrogen-bond acceptors (Lipinski definition) is 2. The quantitative estimate of drug-likeness (QED) is 0.565. The van der Waals surface area contributed by atoms with E-state index < -0.39 is 0 Å². The van der Waals surface area contributed by atoms with Crippen LogP contribution >= 0.6 is 0 Å². The van der Waals surface area contributed by atoms with Gasteiger partial charge in [-0.15, -0.1) is 0 Å². The highest BCUT2D eigenvalue weighted by atomic mass is 15.2. The molecule has 0 saturated heterocycles. The summed E-state index contributed by atoms with van der Waals surface area (Å²) in [4.78, 5) is 0. The predicted octanol–water partition coefficient (Wildman–Crippen LogP) is 2.73. The van der Waals surface area contributed by atoms with E-state index in [4.69, 9.17) is 5.84 Å². The number of benzene rings is 1. The van der Waals surface area contributed by atoms with Gasteiger partial charge in [-0.3, -0.25) is 5.84 Å². The minimum atomic E-state index is 0.790. The van der Waals surface area contributed by atoms with Gasteiger partial charge >= 0.3 is 0 Å². The fraction of sp³-hybridized carbons (Fsp3) is 0.500. The van der Waals surface area contributed by atoms with Gasteiger partial charge in [-0.1, -0.05) is 12.1 Å². The summed E-state index contributed by atoms with van der Waals surface area (Å²) in [6, 6.07) is 6.50. The van der Waals surface area contributed by atoms with Crippen molar-refractivity contribution >= 4 is 5.69 Å². The Balaban J connectivity index is 2.07. The van der Waals surface area contributed by atoms with E-state index in [0.29, 0.717) is 0 Å². The smallest absolute Gasteiger partial charge is 0.0522 e. The van der Waals surface area contributed by atoms with Crippen LogP contribution in [-0.4, -0.2) is 0 Å². The molecule has 0 aromatic heterocycles. The van der Waals surface area contributed by atoms with Crippen LogP contribution in [0.5, 0.6) is 0 Å². The van der Waals surface area contributed by atoms with Crippen molar-refractivity contribution in [2.75, 3.05) is 5.43 Å². The summed E-state index contributed by atoms with van der Waals surface area (Å²) in [6.07, 6.45) is 5.43. The maximum atomic E-state index is 5.56. The molecule has 0 radical (unpaired) electrons. The third-order valence-corrected chi connectivity index (χ3v) is 3.30. The molecule has 0 heterocycles. The molecule has 0 amide bonds. The van der Waals surface area contributed by atoms with Gasteiger partial charge < -0.3 is 5.43 Å². The number of rotatable bonds is 3. The molecule has 3 N–H and O–H groups in total. The fourth-order valence-electron chi connectivity index (χ4n) is 2.29. The van der Waals surface area contributed by atoms with E-state index in [9.17, 15) is 0 Å². The number of hydrogen-bond donors (Lipinski definition) is 2. The Bertz CT molecular complexity index is 351. The molecule has 2 saturated carbocycles. The highest BCUT2D eigenvalue weighted by molar-refractivity contribution is 5.58. The van der Waals surface area contributed by atoms with Gasteiger partial charge in [-0.05, 0) is 54.7 Å². The number of hydrazine groups is 1.